The Balaban J connectivity index is 0.000000768. The minimum absolute atomic E-state index is 0.0436. The molecule has 1 aromatic carbocycles. The molecule has 202 valence electrons. The van der Waals surface area contributed by atoms with E-state index in [0.717, 1.165) is 27.0 Å². The Morgan fingerprint density at radius 3 is 2.55 bits per heavy atom. The summed E-state index contributed by atoms with van der Waals surface area (Å²) in [5.74, 6) is 0.266. The van der Waals surface area contributed by atoms with Crippen molar-refractivity contribution in [2.75, 3.05) is 24.4 Å². The maximum atomic E-state index is 13.1. The van der Waals surface area contributed by atoms with Crippen molar-refractivity contribution in [2.45, 2.75) is 57.4 Å². The van der Waals surface area contributed by atoms with Crippen molar-refractivity contribution in [1.82, 2.24) is 0 Å². The normalized spacial score (nSPS) is 18.0. The molecule has 1 aromatic heterocycles. The van der Waals surface area contributed by atoms with Crippen molar-refractivity contribution in [3.63, 3.8) is 0 Å². The van der Waals surface area contributed by atoms with Crippen LogP contribution in [-0.2, 0) is 20.9 Å². The first-order chi connectivity index (χ1) is 18.0. The summed E-state index contributed by atoms with van der Waals surface area (Å²) in [6.45, 7) is 5.54. The largest absolute Gasteiger partial charge is 0.512 e. The monoisotopic (exact) mass is 554 g/mol. The van der Waals surface area contributed by atoms with Crippen molar-refractivity contribution in [1.29, 1.82) is 0 Å². The van der Waals surface area contributed by atoms with Gasteiger partial charge in [-0.3, -0.25) is 4.79 Å². The standard InChI is InChI=1S/C26H28N2O5S.C3H6S/c1-15-6-13-22(34-15)24(30)33-14-19-17(18-9-7-16(29)8-12-21(18)32-5)10-11-20-23(19)28(4)25(31)26(2,3)27-20;4-3-1-2-3/h6-7,9-13,27,29H,8,14H2,1-5H3;3-4H,1-2H2. The highest BCUT2D eigenvalue weighted by Gasteiger charge is 2.39. The lowest BCUT2D eigenvalue weighted by atomic mass is 9.91. The lowest BCUT2D eigenvalue weighted by molar-refractivity contribution is -0.121. The molecule has 7 nitrogen and oxygen atoms in total. The third-order valence-corrected chi connectivity index (χ3v) is 7.95. The molecule has 1 amide bonds. The van der Waals surface area contributed by atoms with Crippen LogP contribution < -0.4 is 10.2 Å². The summed E-state index contributed by atoms with van der Waals surface area (Å²) in [6, 6.07) is 7.45. The number of thiophene rings is 1. The van der Waals surface area contributed by atoms with E-state index in [2.05, 4.69) is 17.9 Å². The number of nitrogens with one attached hydrogen (secondary N) is 1. The lowest BCUT2D eigenvalue weighted by Crippen LogP contribution is -2.52. The Labute approximate surface area is 233 Å². The number of carbonyl (C=O) groups is 2. The number of hydrogen-bond donors (Lipinski definition) is 3. The van der Waals surface area contributed by atoms with Gasteiger partial charge in [-0.05, 0) is 75.6 Å². The number of ether oxygens (including phenoxy) is 2. The van der Waals surface area contributed by atoms with Crippen molar-refractivity contribution < 1.29 is 24.2 Å². The number of carbonyl (C=O) groups excluding carboxylic acids is 2. The molecule has 1 fully saturated rings. The Bertz CT molecular complexity index is 1330. The number of rotatable bonds is 5. The molecular weight excluding hydrogens is 520 g/mol. The molecular formula is C29H34N2O5S2. The van der Waals surface area contributed by atoms with Gasteiger partial charge in [0.05, 0.1) is 24.2 Å². The Kier molecular flexibility index (Phi) is 8.28. The second kappa shape index (κ2) is 11.3. The summed E-state index contributed by atoms with van der Waals surface area (Å²) in [7, 11) is 3.29. The molecule has 0 unspecified atom stereocenters. The van der Waals surface area contributed by atoms with Crippen molar-refractivity contribution in [2.24, 2.45) is 0 Å². The average molecular weight is 555 g/mol. The quantitative estimate of drug-likeness (QED) is 0.292. The number of benzene rings is 1. The van der Waals surface area contributed by atoms with Crippen LogP contribution in [0.5, 0.6) is 0 Å². The van der Waals surface area contributed by atoms with Gasteiger partial charge in [-0.1, -0.05) is 6.07 Å². The molecule has 0 saturated heterocycles. The fraction of sp³-hybridized carbons (Fsp3) is 0.379. The number of amides is 1. The number of thiol groups is 1. The molecule has 0 spiro atoms. The molecule has 5 rings (SSSR count). The number of esters is 1. The Morgan fingerprint density at radius 2 is 1.95 bits per heavy atom. The molecule has 2 N–H and O–H groups in total. The van der Waals surface area contributed by atoms with Crippen LogP contribution >= 0.6 is 24.0 Å². The van der Waals surface area contributed by atoms with Gasteiger partial charge in [0.2, 0.25) is 0 Å². The molecule has 1 saturated carbocycles. The number of allylic oxidation sites excluding steroid dienone is 4. The average Bonchev–Trinajstić information content (AvgIpc) is 3.58. The van der Waals surface area contributed by atoms with Crippen LogP contribution in [0.25, 0.3) is 5.57 Å². The minimum atomic E-state index is -0.778. The number of fused-ring (bicyclic) bond motifs is 1. The molecule has 0 radical (unpaired) electrons. The van der Waals surface area contributed by atoms with Crippen LogP contribution in [-0.4, -0.2) is 41.9 Å². The first-order valence-corrected chi connectivity index (χ1v) is 13.8. The van der Waals surface area contributed by atoms with Gasteiger partial charge in [0.25, 0.3) is 5.91 Å². The second-order valence-corrected chi connectivity index (χ2v) is 12.1. The molecule has 0 atom stereocenters. The molecule has 2 aromatic rings. The first kappa shape index (κ1) is 27.9. The topological polar surface area (TPSA) is 88.1 Å². The summed E-state index contributed by atoms with van der Waals surface area (Å²) in [6.07, 6.45) is 8.23. The van der Waals surface area contributed by atoms with Crippen molar-refractivity contribution in [3.8, 4) is 0 Å². The Hall–Kier alpha value is -3.17. The third-order valence-electron chi connectivity index (χ3n) is 6.46. The zero-order chi connectivity index (χ0) is 27.6. The summed E-state index contributed by atoms with van der Waals surface area (Å²) in [5, 5.41) is 14.1. The van der Waals surface area contributed by atoms with Gasteiger partial charge < -0.3 is 24.8 Å². The summed E-state index contributed by atoms with van der Waals surface area (Å²) >= 11 is 5.45. The number of anilines is 2. The molecule has 3 aliphatic rings. The fourth-order valence-electron chi connectivity index (χ4n) is 4.31. The van der Waals surface area contributed by atoms with Gasteiger partial charge in [0.15, 0.2) is 0 Å². The van der Waals surface area contributed by atoms with E-state index in [9.17, 15) is 14.7 Å². The van der Waals surface area contributed by atoms with Gasteiger partial charge in [-0.25, -0.2) is 4.79 Å². The van der Waals surface area contributed by atoms with Gasteiger partial charge >= 0.3 is 5.97 Å². The molecule has 0 bridgehead atoms. The third kappa shape index (κ3) is 6.10. The molecule has 2 aliphatic carbocycles. The zero-order valence-electron chi connectivity index (χ0n) is 22.3. The minimum Gasteiger partial charge on any atom is -0.512 e. The predicted molar refractivity (Wildman–Crippen MR) is 156 cm³/mol. The van der Waals surface area contributed by atoms with E-state index in [1.165, 1.54) is 24.2 Å². The number of aryl methyl sites for hydroxylation is 1. The van der Waals surface area contributed by atoms with Gasteiger partial charge in [-0.2, -0.15) is 12.6 Å². The number of aliphatic hydroxyl groups is 1. The van der Waals surface area contributed by atoms with Crippen LogP contribution in [0, 0.1) is 6.92 Å². The summed E-state index contributed by atoms with van der Waals surface area (Å²) in [5.41, 5.74) is 2.77. The van der Waals surface area contributed by atoms with Gasteiger partial charge in [-0.15, -0.1) is 11.3 Å². The van der Waals surface area contributed by atoms with E-state index in [4.69, 9.17) is 9.47 Å². The summed E-state index contributed by atoms with van der Waals surface area (Å²) < 4.78 is 11.3. The fourth-order valence-corrected chi connectivity index (χ4v) is 5.22. The molecule has 38 heavy (non-hydrogen) atoms. The maximum Gasteiger partial charge on any atom is 0.348 e. The number of likely N-dealkylation sites (N-methyl/N-ethyl adjacent to an activating group) is 1. The van der Waals surface area contributed by atoms with Crippen LogP contribution in [0.4, 0.5) is 11.4 Å². The van der Waals surface area contributed by atoms with Crippen molar-refractivity contribution in [3.05, 3.63) is 74.9 Å². The first-order valence-electron chi connectivity index (χ1n) is 12.5. The number of nitrogens with zero attached hydrogens (tertiary/aromatic N) is 1. The smallest absolute Gasteiger partial charge is 0.348 e. The van der Waals surface area contributed by atoms with Crippen LogP contribution in [0.2, 0.25) is 0 Å². The lowest BCUT2D eigenvalue weighted by Gasteiger charge is -2.39. The van der Waals surface area contributed by atoms with Gasteiger partial charge in [0, 0.05) is 34.7 Å². The molecule has 1 aliphatic heterocycles. The van der Waals surface area contributed by atoms with Crippen LogP contribution in [0.15, 0.2) is 54.0 Å². The van der Waals surface area contributed by atoms with Crippen LogP contribution in [0.1, 0.15) is 58.8 Å². The second-order valence-electron chi connectivity index (χ2n) is 10.0. The van der Waals surface area contributed by atoms with Crippen molar-refractivity contribution >= 4 is 52.8 Å². The Morgan fingerprint density at radius 1 is 1.24 bits per heavy atom. The van der Waals surface area contributed by atoms with E-state index < -0.39 is 11.5 Å². The zero-order valence-corrected chi connectivity index (χ0v) is 24.0. The van der Waals surface area contributed by atoms with Crippen LogP contribution in [0.3, 0.4) is 0 Å². The highest BCUT2D eigenvalue weighted by atomic mass is 32.1. The van der Waals surface area contributed by atoms with E-state index in [0.29, 0.717) is 28.3 Å². The van der Waals surface area contributed by atoms with E-state index in [-0.39, 0.29) is 18.3 Å². The number of methoxy groups -OCH3 is 1. The van der Waals surface area contributed by atoms with E-state index in [1.54, 1.807) is 43.4 Å². The maximum absolute atomic E-state index is 13.1. The van der Waals surface area contributed by atoms with E-state index in [1.807, 2.05) is 39.0 Å². The predicted octanol–water partition coefficient (Wildman–Crippen LogP) is 6.42. The van der Waals surface area contributed by atoms with Gasteiger partial charge in [0.1, 0.15) is 22.8 Å². The highest BCUT2D eigenvalue weighted by Crippen LogP contribution is 2.43. The number of aliphatic hydroxyl groups excluding tert-OH is 1. The summed E-state index contributed by atoms with van der Waals surface area (Å²) in [4.78, 5) is 29.0. The highest BCUT2D eigenvalue weighted by molar-refractivity contribution is 7.81. The SMILES string of the molecule is COC1=CCC(O)=CC=C1c1ccc2c(c1COC(=O)c1ccc(C)s1)N(C)C(=O)C(C)(C)N2.SC1CC1. The number of hydrogen-bond acceptors (Lipinski definition) is 8. The molecule has 9 heteroatoms. The van der Waals surface area contributed by atoms with E-state index >= 15 is 0 Å². The molecule has 2 heterocycles.